The van der Waals surface area contributed by atoms with E-state index in [0.29, 0.717) is 19.1 Å². The fourth-order valence-electron chi connectivity index (χ4n) is 1.70. The zero-order valence-corrected chi connectivity index (χ0v) is 7.20. The predicted octanol–water partition coefficient (Wildman–Crippen LogP) is -0.116. The van der Waals surface area contributed by atoms with Crippen LogP contribution < -0.4 is 5.73 Å². The minimum Gasteiger partial charge on any atom is -0.481 e. The van der Waals surface area contributed by atoms with Gasteiger partial charge in [-0.3, -0.25) is 9.69 Å². The number of nitrogens with two attached hydrogens (primary N) is 1. The first-order chi connectivity index (χ1) is 5.74. The van der Waals surface area contributed by atoms with Gasteiger partial charge < -0.3 is 10.8 Å². The normalized spacial score (nSPS) is 24.6. The van der Waals surface area contributed by atoms with Crippen LogP contribution in [0.25, 0.3) is 0 Å². The van der Waals surface area contributed by atoms with Crippen LogP contribution in [0.5, 0.6) is 0 Å². The summed E-state index contributed by atoms with van der Waals surface area (Å²) in [7, 11) is 0. The lowest BCUT2D eigenvalue weighted by Crippen LogP contribution is -2.36. The Labute approximate surface area is 72.3 Å². The van der Waals surface area contributed by atoms with Gasteiger partial charge in [-0.25, -0.2) is 0 Å². The number of nitrogens with zero attached hydrogens (tertiary/aromatic N) is 1. The molecule has 0 amide bonds. The van der Waals surface area contributed by atoms with Gasteiger partial charge >= 0.3 is 5.97 Å². The van der Waals surface area contributed by atoms with Gasteiger partial charge in [-0.2, -0.15) is 0 Å². The molecule has 4 nitrogen and oxygen atoms in total. The third-order valence-electron chi connectivity index (χ3n) is 2.38. The maximum atomic E-state index is 10.3. The first kappa shape index (κ1) is 9.48. The lowest BCUT2D eigenvalue weighted by atomic mass is 10.2. The molecule has 0 spiro atoms. The van der Waals surface area contributed by atoms with E-state index in [4.69, 9.17) is 10.8 Å². The molecule has 1 rings (SSSR count). The minimum absolute atomic E-state index is 0.233. The Morgan fingerprint density at radius 2 is 2.42 bits per heavy atom. The van der Waals surface area contributed by atoms with Crippen LogP contribution >= 0.6 is 0 Å². The topological polar surface area (TPSA) is 66.6 Å². The van der Waals surface area contributed by atoms with Crippen LogP contribution in [0.3, 0.4) is 0 Å². The standard InChI is InChI=1S/C8H16N2O2/c9-6-7-2-1-4-10(7)5-3-8(11)12/h7H,1-6,9H2,(H,11,12)/t7-/m0/s1. The predicted molar refractivity (Wildman–Crippen MR) is 45.9 cm³/mol. The zero-order valence-electron chi connectivity index (χ0n) is 7.20. The van der Waals surface area contributed by atoms with E-state index in [-0.39, 0.29) is 6.42 Å². The smallest absolute Gasteiger partial charge is 0.304 e. The molecule has 0 aromatic carbocycles. The number of carbonyl (C=O) groups is 1. The van der Waals surface area contributed by atoms with Crippen LogP contribution in [-0.4, -0.2) is 41.7 Å². The third-order valence-corrected chi connectivity index (χ3v) is 2.38. The zero-order chi connectivity index (χ0) is 8.97. The Balaban J connectivity index is 2.26. The maximum Gasteiger partial charge on any atom is 0.304 e. The van der Waals surface area contributed by atoms with Crippen LogP contribution in [0.4, 0.5) is 0 Å². The first-order valence-electron chi connectivity index (χ1n) is 4.40. The molecule has 1 atom stereocenters. The SMILES string of the molecule is NC[C@@H]1CCCN1CCC(=O)O. The van der Waals surface area contributed by atoms with Crippen molar-refractivity contribution in [3.63, 3.8) is 0 Å². The fraction of sp³-hybridized carbons (Fsp3) is 0.875. The molecule has 0 aliphatic carbocycles. The lowest BCUT2D eigenvalue weighted by molar-refractivity contribution is -0.137. The number of rotatable bonds is 4. The average Bonchev–Trinajstić information content (AvgIpc) is 2.47. The van der Waals surface area contributed by atoms with Crippen molar-refractivity contribution in [1.29, 1.82) is 0 Å². The highest BCUT2D eigenvalue weighted by Crippen LogP contribution is 2.15. The molecule has 3 N–H and O–H groups in total. The van der Waals surface area contributed by atoms with Gasteiger partial charge in [0.2, 0.25) is 0 Å². The average molecular weight is 172 g/mol. The molecule has 0 saturated carbocycles. The second-order valence-corrected chi connectivity index (χ2v) is 3.21. The van der Waals surface area contributed by atoms with E-state index in [0.717, 1.165) is 19.4 Å². The van der Waals surface area contributed by atoms with Crippen LogP contribution in [-0.2, 0) is 4.79 Å². The summed E-state index contributed by atoms with van der Waals surface area (Å²) in [5.74, 6) is -0.724. The Morgan fingerprint density at radius 1 is 1.67 bits per heavy atom. The van der Waals surface area contributed by atoms with Crippen LogP contribution in [0.1, 0.15) is 19.3 Å². The molecule has 0 bridgehead atoms. The number of aliphatic carboxylic acids is 1. The van der Waals surface area contributed by atoms with Gasteiger partial charge in [0.25, 0.3) is 0 Å². The van der Waals surface area contributed by atoms with Crippen LogP contribution in [0.2, 0.25) is 0 Å². The number of hydrogen-bond donors (Lipinski definition) is 2. The van der Waals surface area contributed by atoms with Crippen molar-refractivity contribution >= 4 is 5.97 Å². The maximum absolute atomic E-state index is 10.3. The van der Waals surface area contributed by atoms with E-state index in [1.54, 1.807) is 0 Å². The van der Waals surface area contributed by atoms with Crippen molar-refractivity contribution in [2.24, 2.45) is 5.73 Å². The monoisotopic (exact) mass is 172 g/mol. The van der Waals surface area contributed by atoms with Gasteiger partial charge in [-0.15, -0.1) is 0 Å². The van der Waals surface area contributed by atoms with Gasteiger partial charge in [0.1, 0.15) is 0 Å². The Bertz CT molecular complexity index is 161. The van der Waals surface area contributed by atoms with E-state index in [1.807, 2.05) is 0 Å². The molecular formula is C8H16N2O2. The summed E-state index contributed by atoms with van der Waals surface area (Å²) in [4.78, 5) is 12.5. The number of carboxylic acid groups (broad SMARTS) is 1. The molecule has 4 heteroatoms. The van der Waals surface area contributed by atoms with E-state index < -0.39 is 5.97 Å². The molecule has 1 fully saturated rings. The molecule has 70 valence electrons. The molecule has 1 aliphatic rings. The van der Waals surface area contributed by atoms with Gasteiger partial charge in [-0.05, 0) is 19.4 Å². The molecule has 0 radical (unpaired) electrons. The number of likely N-dealkylation sites (tertiary alicyclic amines) is 1. The highest BCUT2D eigenvalue weighted by Gasteiger charge is 2.22. The van der Waals surface area contributed by atoms with Gasteiger partial charge in [0, 0.05) is 19.1 Å². The first-order valence-corrected chi connectivity index (χ1v) is 4.40. The van der Waals surface area contributed by atoms with E-state index in [1.165, 1.54) is 0 Å². The molecule has 1 heterocycles. The second kappa shape index (κ2) is 4.42. The highest BCUT2D eigenvalue weighted by molar-refractivity contribution is 5.66. The second-order valence-electron chi connectivity index (χ2n) is 3.21. The molecule has 1 aliphatic heterocycles. The Morgan fingerprint density at radius 3 is 3.00 bits per heavy atom. The third kappa shape index (κ3) is 2.46. The van der Waals surface area contributed by atoms with Gasteiger partial charge in [0.05, 0.1) is 6.42 Å². The molecule has 0 aromatic heterocycles. The Hall–Kier alpha value is -0.610. The lowest BCUT2D eigenvalue weighted by Gasteiger charge is -2.21. The summed E-state index contributed by atoms with van der Waals surface area (Å²) in [5, 5.41) is 8.47. The summed E-state index contributed by atoms with van der Waals surface area (Å²) in [6.07, 6.45) is 2.51. The van der Waals surface area contributed by atoms with E-state index in [9.17, 15) is 4.79 Å². The van der Waals surface area contributed by atoms with Crippen molar-refractivity contribution in [2.45, 2.75) is 25.3 Å². The fourth-order valence-corrected chi connectivity index (χ4v) is 1.70. The van der Waals surface area contributed by atoms with Crippen molar-refractivity contribution in [3.05, 3.63) is 0 Å². The van der Waals surface area contributed by atoms with Crippen molar-refractivity contribution in [2.75, 3.05) is 19.6 Å². The van der Waals surface area contributed by atoms with E-state index in [2.05, 4.69) is 4.90 Å². The summed E-state index contributed by atoms with van der Waals surface area (Å²) in [6.45, 7) is 2.31. The van der Waals surface area contributed by atoms with Crippen LogP contribution in [0, 0.1) is 0 Å². The summed E-state index contributed by atoms with van der Waals surface area (Å²) < 4.78 is 0. The Kier molecular flexibility index (Phi) is 3.49. The number of hydrogen-bond acceptors (Lipinski definition) is 3. The molecule has 12 heavy (non-hydrogen) atoms. The van der Waals surface area contributed by atoms with Crippen LogP contribution in [0.15, 0.2) is 0 Å². The van der Waals surface area contributed by atoms with Crippen molar-refractivity contribution in [1.82, 2.24) is 4.90 Å². The largest absolute Gasteiger partial charge is 0.481 e. The van der Waals surface area contributed by atoms with Gasteiger partial charge in [0.15, 0.2) is 0 Å². The molecule has 0 aromatic rings. The van der Waals surface area contributed by atoms with Crippen molar-refractivity contribution in [3.8, 4) is 0 Å². The van der Waals surface area contributed by atoms with Gasteiger partial charge in [-0.1, -0.05) is 0 Å². The molecule has 0 unspecified atom stereocenters. The minimum atomic E-state index is -0.724. The summed E-state index contributed by atoms with van der Waals surface area (Å²) in [6, 6.07) is 0.421. The number of carboxylic acids is 1. The molecule has 1 saturated heterocycles. The van der Waals surface area contributed by atoms with Crippen molar-refractivity contribution < 1.29 is 9.90 Å². The highest BCUT2D eigenvalue weighted by atomic mass is 16.4. The molecular weight excluding hydrogens is 156 g/mol. The summed E-state index contributed by atoms with van der Waals surface area (Å²) >= 11 is 0. The van der Waals surface area contributed by atoms with E-state index >= 15 is 0 Å². The summed E-state index contributed by atoms with van der Waals surface area (Å²) in [5.41, 5.74) is 5.54. The quantitative estimate of drug-likeness (QED) is 0.620.